The highest BCUT2D eigenvalue weighted by atomic mass is 32.5. The molecule has 3 aliphatic rings. The van der Waals surface area contributed by atoms with Gasteiger partial charge >= 0.3 is 20.5 Å². The van der Waals surface area contributed by atoms with Gasteiger partial charge in [-0.15, -0.1) is 16.9 Å². The summed E-state index contributed by atoms with van der Waals surface area (Å²) in [5.41, 5.74) is 10.1. The molecular weight excluding hydrogens is 709 g/mol. The maximum absolute atomic E-state index is 15.9. The number of fused-ring (bicyclic) bond motifs is 5. The van der Waals surface area contributed by atoms with Crippen molar-refractivity contribution in [1.29, 1.82) is 0 Å². The number of thioether (sulfide) groups is 1. The molecule has 0 radical (unpaired) electrons. The molecule has 20 nitrogen and oxygen atoms in total. The lowest BCUT2D eigenvalue weighted by Crippen LogP contribution is -2.41. The van der Waals surface area contributed by atoms with Crippen LogP contribution in [0.2, 0.25) is 0 Å². The number of ether oxygens (including phenoxy) is 1. The van der Waals surface area contributed by atoms with Crippen molar-refractivity contribution in [2.24, 2.45) is 0 Å². The minimum absolute atomic E-state index is 0.0753. The molecule has 9 atom stereocenters. The molecule has 7 N–H and O–H groups in total. The van der Waals surface area contributed by atoms with E-state index in [1.807, 2.05) is 0 Å². The first kappa shape index (κ1) is 31.8. The number of hydrogen-bond donors (Lipinski definition) is 5. The van der Waals surface area contributed by atoms with Crippen molar-refractivity contribution in [3.63, 3.8) is 0 Å². The Bertz CT molecular complexity index is 2000. The molecule has 0 amide bonds. The fraction of sp³-hybridized carbons (Fsp3) is 0.526. The Morgan fingerprint density at radius 3 is 2.70 bits per heavy atom. The molecule has 4 aromatic heterocycles. The summed E-state index contributed by atoms with van der Waals surface area (Å²) < 4.78 is 88.7. The third-order valence-electron chi connectivity index (χ3n) is 7.16. The predicted molar refractivity (Wildman–Crippen MR) is 152 cm³/mol. The van der Waals surface area contributed by atoms with Gasteiger partial charge in [0.25, 0.3) is 5.56 Å². The first-order valence-corrected chi connectivity index (χ1v) is 17.9. The number of rotatable bonds is 2. The normalized spacial score (nSPS) is 36.7. The number of H-pyrrole nitrogens is 1. The smallest absolute Gasteiger partial charge is 0.382 e. The molecule has 248 valence electrons. The second kappa shape index (κ2) is 11.1. The number of aromatic nitrogens is 9. The second-order valence-corrected chi connectivity index (χ2v) is 15.6. The molecule has 46 heavy (non-hydrogen) atoms. The van der Waals surface area contributed by atoms with Crippen LogP contribution in [-0.2, 0) is 39.2 Å². The van der Waals surface area contributed by atoms with Crippen molar-refractivity contribution in [3.05, 3.63) is 23.0 Å². The number of phosphoric ester groups is 1. The number of nitrogens with one attached hydrogen (secondary N) is 1. The van der Waals surface area contributed by atoms with Gasteiger partial charge in [-0.05, 0) is 11.8 Å². The molecule has 0 saturated carbocycles. The van der Waals surface area contributed by atoms with E-state index in [9.17, 15) is 19.1 Å². The van der Waals surface area contributed by atoms with Crippen LogP contribution in [0.1, 0.15) is 11.6 Å². The van der Waals surface area contributed by atoms with Crippen molar-refractivity contribution in [3.8, 4) is 0 Å². The number of nitrogens with zero attached hydrogens (tertiary/aromatic N) is 8. The van der Waals surface area contributed by atoms with Crippen molar-refractivity contribution in [1.82, 2.24) is 44.5 Å². The Labute approximate surface area is 261 Å². The minimum Gasteiger partial charge on any atom is -0.382 e. The Balaban J connectivity index is 1.23. The lowest BCUT2D eigenvalue weighted by Gasteiger charge is -2.27. The highest BCUT2D eigenvalue weighted by Gasteiger charge is 2.64. The number of aromatic amines is 1. The van der Waals surface area contributed by atoms with Gasteiger partial charge in [-0.3, -0.25) is 27.9 Å². The van der Waals surface area contributed by atoms with Gasteiger partial charge in [-0.1, -0.05) is 5.21 Å². The van der Waals surface area contributed by atoms with Gasteiger partial charge in [0.05, 0.1) is 24.8 Å². The van der Waals surface area contributed by atoms with E-state index >= 15 is 13.2 Å². The molecular formula is C19H20F3N11O9P2S2. The van der Waals surface area contributed by atoms with Gasteiger partial charge in [-0.2, -0.15) is 18.4 Å². The molecule has 3 aliphatic heterocycles. The highest BCUT2D eigenvalue weighted by Crippen LogP contribution is 2.58. The molecule has 2 bridgehead atoms. The number of anilines is 2. The zero-order valence-electron chi connectivity index (χ0n) is 22.4. The number of halogens is 3. The van der Waals surface area contributed by atoms with E-state index in [4.69, 9.17) is 46.1 Å². The first-order chi connectivity index (χ1) is 21.6. The SMILES string of the molecule is Nc1nc2c(ncn2[C@@H]2S[C@@H]3COP(=O)(O)O[C@@H]4[C@@H](COP(O)(=S)O[C@@H]2[C@H]3F)O[C@@H](n2nnc3c(N)ncnc32)C4(F)F)c(=O)[nH]1. The molecule has 0 spiro atoms. The van der Waals surface area contributed by atoms with Crippen LogP contribution < -0.4 is 17.0 Å². The summed E-state index contributed by atoms with van der Waals surface area (Å²) in [5, 5.41) is 4.82. The number of nitrogens with two attached hydrogens (primary N) is 2. The summed E-state index contributed by atoms with van der Waals surface area (Å²) >= 11 is 5.86. The largest absolute Gasteiger partial charge is 0.472 e. The van der Waals surface area contributed by atoms with Gasteiger partial charge < -0.3 is 30.5 Å². The van der Waals surface area contributed by atoms with E-state index in [1.165, 1.54) is 4.57 Å². The molecule has 7 rings (SSSR count). The van der Waals surface area contributed by atoms with Gasteiger partial charge in [0.1, 0.15) is 30.1 Å². The van der Waals surface area contributed by atoms with E-state index in [1.54, 1.807) is 0 Å². The Morgan fingerprint density at radius 1 is 1.13 bits per heavy atom. The summed E-state index contributed by atoms with van der Waals surface area (Å²) in [5.74, 6) is -4.59. The van der Waals surface area contributed by atoms with Crippen LogP contribution in [0.15, 0.2) is 17.4 Å². The number of nitrogen functional groups attached to an aromatic ring is 2. The number of hydrogen-bond acceptors (Lipinski definition) is 17. The zero-order chi connectivity index (χ0) is 32.8. The van der Waals surface area contributed by atoms with Gasteiger partial charge in [0.2, 0.25) is 12.2 Å². The zero-order valence-corrected chi connectivity index (χ0v) is 25.9. The summed E-state index contributed by atoms with van der Waals surface area (Å²) in [6.07, 6.45) is -8.43. The van der Waals surface area contributed by atoms with Crippen molar-refractivity contribution >= 4 is 72.2 Å². The summed E-state index contributed by atoms with van der Waals surface area (Å²) in [6, 6.07) is 0. The van der Waals surface area contributed by atoms with E-state index in [0.29, 0.717) is 4.68 Å². The van der Waals surface area contributed by atoms with Crippen LogP contribution in [-0.4, -0.2) is 103 Å². The molecule has 0 aromatic carbocycles. The fourth-order valence-electron chi connectivity index (χ4n) is 5.13. The van der Waals surface area contributed by atoms with E-state index < -0.39 is 80.6 Å². The van der Waals surface area contributed by atoms with E-state index in [-0.39, 0.29) is 34.1 Å². The standard InChI is InChI=1S/C19H20F3N11O9P2S2/c20-7-6-2-38-43(35,36)42-11-5(40-17(19(11,21)22)33-13-8(30-31-33)12(23)25-3-26-13)1-39-44(37,45)41-10(7)16(46-6)32-4-27-9-14(32)28-18(24)29-15(9)34/h3-7,10-11,16-17H,1-2H2,(H,35,36)(H,37,45)(H2,23,25,26)(H3,24,28,29,34)/t5-,6-,7+,10-,11-,16-,17-,44?/m1/s1. The van der Waals surface area contributed by atoms with Gasteiger partial charge in [0.15, 0.2) is 34.2 Å². The topological polar surface area (TPSA) is 276 Å². The molecule has 4 aromatic rings. The van der Waals surface area contributed by atoms with Crippen LogP contribution in [0.5, 0.6) is 0 Å². The monoisotopic (exact) mass is 729 g/mol. The Hall–Kier alpha value is -2.83. The molecule has 3 fully saturated rings. The molecule has 2 unspecified atom stereocenters. The first-order valence-electron chi connectivity index (χ1n) is 12.8. The van der Waals surface area contributed by atoms with Crippen molar-refractivity contribution < 1.29 is 50.4 Å². The number of alkyl halides is 3. The van der Waals surface area contributed by atoms with Crippen molar-refractivity contribution in [2.75, 3.05) is 24.7 Å². The maximum atomic E-state index is 15.9. The molecule has 0 aliphatic carbocycles. The van der Waals surface area contributed by atoms with Crippen LogP contribution in [0, 0.1) is 0 Å². The average Bonchev–Trinajstić information content (AvgIpc) is 3.71. The summed E-state index contributed by atoms with van der Waals surface area (Å²) in [7, 11) is -5.38. The van der Waals surface area contributed by atoms with E-state index in [0.717, 1.165) is 24.4 Å². The third-order valence-corrected chi connectivity index (χ3v) is 11.2. The lowest BCUT2D eigenvalue weighted by molar-refractivity contribution is -0.141. The minimum atomic E-state index is -5.38. The van der Waals surface area contributed by atoms with Crippen LogP contribution in [0.3, 0.4) is 0 Å². The third kappa shape index (κ3) is 5.38. The van der Waals surface area contributed by atoms with Crippen LogP contribution in [0.4, 0.5) is 24.9 Å². The average molecular weight is 730 g/mol. The highest BCUT2D eigenvalue weighted by molar-refractivity contribution is 8.07. The summed E-state index contributed by atoms with van der Waals surface area (Å²) in [6.45, 7) is -6.36. The lowest BCUT2D eigenvalue weighted by atomic mass is 10.1. The molecule has 27 heteroatoms. The van der Waals surface area contributed by atoms with Gasteiger partial charge in [0, 0.05) is 0 Å². The summed E-state index contributed by atoms with van der Waals surface area (Å²) in [4.78, 5) is 51.6. The number of imidazole rings is 1. The number of phosphoric acid groups is 1. The van der Waals surface area contributed by atoms with Gasteiger partial charge in [-0.25, -0.2) is 23.9 Å². The quantitative estimate of drug-likeness (QED) is 0.172. The van der Waals surface area contributed by atoms with Crippen LogP contribution >= 0.6 is 26.3 Å². The molecule has 7 heterocycles. The Morgan fingerprint density at radius 2 is 1.91 bits per heavy atom. The van der Waals surface area contributed by atoms with E-state index in [2.05, 4.69) is 35.2 Å². The predicted octanol–water partition coefficient (Wildman–Crippen LogP) is 0.138. The molecule has 3 saturated heterocycles. The Kier molecular flexibility index (Phi) is 7.68. The van der Waals surface area contributed by atoms with Crippen molar-refractivity contribution in [2.45, 2.75) is 47.3 Å². The maximum Gasteiger partial charge on any atom is 0.472 e. The second-order valence-electron chi connectivity index (χ2n) is 10.1. The van der Waals surface area contributed by atoms with Crippen LogP contribution in [0.25, 0.3) is 22.3 Å². The fourth-order valence-corrected chi connectivity index (χ4v) is 9.16.